The van der Waals surface area contributed by atoms with Gasteiger partial charge in [-0.05, 0) is 49.7 Å². The Bertz CT molecular complexity index is 1730. The molecule has 8 bridgehead atoms. The lowest BCUT2D eigenvalue weighted by molar-refractivity contribution is -0.137. The molecule has 1 aromatic carbocycles. The summed E-state index contributed by atoms with van der Waals surface area (Å²) in [7, 11) is 3.77. The Hall–Kier alpha value is -4.33. The third kappa shape index (κ3) is 6.70. The van der Waals surface area contributed by atoms with Gasteiger partial charge in [0.05, 0.1) is 37.0 Å². The zero-order valence-corrected chi connectivity index (χ0v) is 25.6. The van der Waals surface area contributed by atoms with Crippen LogP contribution in [0, 0.1) is 5.41 Å². The van der Waals surface area contributed by atoms with Gasteiger partial charge < -0.3 is 25.2 Å². The zero-order chi connectivity index (χ0) is 31.8. The first kappa shape index (κ1) is 30.7. The summed E-state index contributed by atoms with van der Waals surface area (Å²) in [5.41, 5.74) is 1.25. The lowest BCUT2D eigenvalue weighted by Crippen LogP contribution is -2.21. The number of aromatic nitrogens is 5. The number of alkyl halides is 3. The van der Waals surface area contributed by atoms with E-state index < -0.39 is 31.8 Å². The predicted octanol–water partition coefficient (Wildman–Crippen LogP) is 5.45. The summed E-state index contributed by atoms with van der Waals surface area (Å²) < 4.78 is 56.0. The fourth-order valence-corrected chi connectivity index (χ4v) is 6.30. The minimum absolute atomic E-state index is 0.0276. The molecular weight excluding hydrogens is 610 g/mol. The lowest BCUT2D eigenvalue weighted by Gasteiger charge is -2.22. The summed E-state index contributed by atoms with van der Waals surface area (Å²) in [5, 5.41) is 15.9. The van der Waals surface area contributed by atoms with E-state index in [1.165, 1.54) is 20.2 Å². The average Bonchev–Trinajstić information content (AvgIpc) is 3.63. The van der Waals surface area contributed by atoms with Crippen molar-refractivity contribution in [2.45, 2.75) is 31.7 Å². The number of methoxy groups -OCH3 is 1. The maximum Gasteiger partial charge on any atom is 0.421 e. The summed E-state index contributed by atoms with van der Waals surface area (Å²) in [4.78, 5) is 25.5. The minimum Gasteiger partial charge on any atom is -0.495 e. The topological polar surface area (TPSA) is 140 Å². The number of rotatable bonds is 3. The van der Waals surface area contributed by atoms with Crippen LogP contribution in [-0.4, -0.2) is 58.5 Å². The zero-order valence-electron chi connectivity index (χ0n) is 24.7. The van der Waals surface area contributed by atoms with Gasteiger partial charge in [-0.1, -0.05) is 6.07 Å². The van der Waals surface area contributed by atoms with Gasteiger partial charge in [0, 0.05) is 43.1 Å². The van der Waals surface area contributed by atoms with Crippen LogP contribution in [0.5, 0.6) is 5.75 Å². The molecule has 4 N–H and O–H groups in total. The second-order valence-corrected chi connectivity index (χ2v) is 12.6. The van der Waals surface area contributed by atoms with Crippen molar-refractivity contribution in [3.63, 3.8) is 0 Å². The quantitative estimate of drug-likeness (QED) is 0.214. The molecule has 7 heterocycles. The molecule has 1 amide bonds. The lowest BCUT2D eigenvalue weighted by atomic mass is 10.1. The van der Waals surface area contributed by atoms with Gasteiger partial charge in [-0.25, -0.2) is 9.97 Å². The Kier molecular flexibility index (Phi) is 8.33. The maximum absolute atomic E-state index is 14.1. The highest BCUT2D eigenvalue weighted by Gasteiger charge is 2.44. The Balaban J connectivity index is 1.45. The molecule has 5 aliphatic rings. The van der Waals surface area contributed by atoms with E-state index in [0.29, 0.717) is 48.2 Å². The molecule has 236 valence electrons. The number of nitrogens with one attached hydrogen (secondary N) is 4. The number of carbonyl (C=O) groups is 1. The van der Waals surface area contributed by atoms with E-state index in [9.17, 15) is 18.0 Å². The number of hydrogen-bond acceptors (Lipinski definition) is 10. The van der Waals surface area contributed by atoms with Crippen molar-refractivity contribution in [3.05, 3.63) is 65.7 Å². The predicted molar refractivity (Wildman–Crippen MR) is 163 cm³/mol. The Labute approximate surface area is 258 Å². The third-order valence-electron chi connectivity index (χ3n) is 7.68. The summed E-state index contributed by atoms with van der Waals surface area (Å²) in [6.45, 7) is 1.21. The Morgan fingerprint density at radius 3 is 2.62 bits per heavy atom. The van der Waals surface area contributed by atoms with Crippen LogP contribution in [0.15, 0.2) is 48.9 Å². The number of anilines is 4. The molecule has 1 saturated carbocycles. The number of hydrogen-bond donors (Lipinski definition) is 4. The van der Waals surface area contributed by atoms with Crippen LogP contribution < -0.4 is 25.8 Å². The molecule has 16 heteroatoms. The highest BCUT2D eigenvalue weighted by Crippen LogP contribution is 2.51. The van der Waals surface area contributed by atoms with Gasteiger partial charge in [0.2, 0.25) is 5.95 Å². The molecule has 1 unspecified atom stereocenters. The first-order chi connectivity index (χ1) is 21.6. The molecule has 1 spiro atoms. The minimum atomic E-state index is -4.78. The first-order valence-electron chi connectivity index (χ1n) is 14.1. The van der Waals surface area contributed by atoms with Crippen molar-refractivity contribution in [2.24, 2.45) is 5.41 Å². The van der Waals surface area contributed by atoms with Gasteiger partial charge in [0.15, 0.2) is 5.69 Å². The van der Waals surface area contributed by atoms with Crippen LogP contribution in [0.3, 0.4) is 0 Å². The van der Waals surface area contributed by atoms with E-state index in [1.54, 1.807) is 18.3 Å². The second-order valence-electron chi connectivity index (χ2n) is 10.9. The van der Waals surface area contributed by atoms with Crippen LogP contribution in [0.25, 0.3) is 11.3 Å². The standard InChI is InChI=1S/C29H31F3N9O3P/c1-33-26(42)24-22-7-6-20(37-24)18-11-36-41(13-18)15-28(8-9-28)16-44-45(34-2)14-17-4-5-21(23(10-17)43-3)39-27-35-12-19(29(30,31)32)25(38-22)40-27/h4-7,10-13,34H,8-9,14-16H2,1-3H3,(H,33,42)(H2,35,38,39,40). The van der Waals surface area contributed by atoms with Crippen LogP contribution in [0.1, 0.15) is 34.5 Å². The highest BCUT2D eigenvalue weighted by molar-refractivity contribution is 7.49. The molecule has 12 nitrogen and oxygen atoms in total. The van der Waals surface area contributed by atoms with Crippen LogP contribution in [0.2, 0.25) is 0 Å². The van der Waals surface area contributed by atoms with Crippen LogP contribution in [0.4, 0.5) is 36.3 Å². The summed E-state index contributed by atoms with van der Waals surface area (Å²) in [6.07, 6.45) is 2.01. The van der Waals surface area contributed by atoms with Crippen molar-refractivity contribution in [1.29, 1.82) is 0 Å². The van der Waals surface area contributed by atoms with Gasteiger partial charge in [0.1, 0.15) is 25.4 Å². The van der Waals surface area contributed by atoms with E-state index in [-0.39, 0.29) is 22.7 Å². The fraction of sp³-hybridized carbons (Fsp3) is 0.345. The molecule has 1 aliphatic carbocycles. The number of amides is 1. The van der Waals surface area contributed by atoms with Gasteiger partial charge in [-0.15, -0.1) is 0 Å². The van der Waals surface area contributed by atoms with E-state index in [4.69, 9.17) is 9.26 Å². The molecular formula is C29H31F3N9O3P. The van der Waals surface area contributed by atoms with Crippen molar-refractivity contribution >= 4 is 37.3 Å². The van der Waals surface area contributed by atoms with Crippen LogP contribution in [-0.2, 0) is 23.4 Å². The molecule has 0 radical (unpaired) electrons. The smallest absolute Gasteiger partial charge is 0.421 e. The molecule has 4 aliphatic heterocycles. The fourth-order valence-electron chi connectivity index (χ4n) is 4.96. The Morgan fingerprint density at radius 2 is 1.91 bits per heavy atom. The van der Waals surface area contributed by atoms with Crippen molar-refractivity contribution in [2.75, 3.05) is 38.4 Å². The molecule has 3 aromatic heterocycles. The molecule has 9 rings (SSSR count). The van der Waals surface area contributed by atoms with E-state index >= 15 is 0 Å². The monoisotopic (exact) mass is 641 g/mol. The average molecular weight is 642 g/mol. The largest absolute Gasteiger partial charge is 0.495 e. The molecule has 1 atom stereocenters. The number of benzene rings is 1. The van der Waals surface area contributed by atoms with Gasteiger partial charge in [0.25, 0.3) is 5.91 Å². The summed E-state index contributed by atoms with van der Waals surface area (Å²) in [5.74, 6) is -0.819. The Morgan fingerprint density at radius 1 is 1.11 bits per heavy atom. The van der Waals surface area contributed by atoms with E-state index in [0.717, 1.165) is 18.4 Å². The second kappa shape index (κ2) is 12.2. The van der Waals surface area contributed by atoms with Gasteiger partial charge >= 0.3 is 6.18 Å². The van der Waals surface area contributed by atoms with E-state index in [1.807, 2.05) is 30.1 Å². The van der Waals surface area contributed by atoms with Crippen molar-refractivity contribution in [1.82, 2.24) is 35.1 Å². The summed E-state index contributed by atoms with van der Waals surface area (Å²) >= 11 is 0. The third-order valence-corrected chi connectivity index (χ3v) is 9.27. The number of nitrogens with zero attached hydrogens (tertiary/aromatic N) is 5. The first-order valence-corrected chi connectivity index (χ1v) is 15.5. The van der Waals surface area contributed by atoms with E-state index in [2.05, 4.69) is 41.1 Å². The number of halogens is 3. The molecule has 4 aromatic rings. The SMILES string of the molecule is CNC(=O)c1nc2ccc1Nc1nc(ncc1C(F)(F)F)Nc1ccc(cc1OC)CP(NC)OCC1(CC1)Cn1cc-2cn1. The molecule has 1 fully saturated rings. The van der Waals surface area contributed by atoms with Gasteiger partial charge in [-0.3, -0.25) is 14.6 Å². The normalized spacial score (nSPS) is 17.5. The highest BCUT2D eigenvalue weighted by atomic mass is 31.2. The number of pyridine rings is 1. The maximum atomic E-state index is 14.1. The van der Waals surface area contributed by atoms with Crippen molar-refractivity contribution in [3.8, 4) is 17.0 Å². The molecule has 45 heavy (non-hydrogen) atoms. The van der Waals surface area contributed by atoms with Gasteiger partial charge in [-0.2, -0.15) is 23.3 Å². The summed E-state index contributed by atoms with van der Waals surface area (Å²) in [6, 6.07) is 8.58. The molecule has 0 saturated heterocycles. The number of carbonyl (C=O) groups excluding carboxylic acids is 1. The van der Waals surface area contributed by atoms with Crippen molar-refractivity contribution < 1.29 is 27.2 Å². The number of ether oxygens (including phenoxy) is 1. The van der Waals surface area contributed by atoms with Crippen LogP contribution >= 0.6 is 8.30 Å².